The fourth-order valence-corrected chi connectivity index (χ4v) is 3.16. The van der Waals surface area contributed by atoms with Crippen molar-refractivity contribution < 1.29 is 14.3 Å². The van der Waals surface area contributed by atoms with Crippen molar-refractivity contribution >= 4 is 17.5 Å². The van der Waals surface area contributed by atoms with Crippen molar-refractivity contribution in [3.05, 3.63) is 24.0 Å². The van der Waals surface area contributed by atoms with E-state index in [9.17, 15) is 9.59 Å². The predicted molar refractivity (Wildman–Crippen MR) is 89.5 cm³/mol. The summed E-state index contributed by atoms with van der Waals surface area (Å²) in [6.45, 7) is 5.59. The normalized spacial score (nSPS) is 24.5. The molecule has 0 aliphatic carbocycles. The van der Waals surface area contributed by atoms with Crippen molar-refractivity contribution in [3.63, 3.8) is 0 Å². The Bertz CT molecular complexity index is 584. The Kier molecular flexibility index (Phi) is 5.42. The summed E-state index contributed by atoms with van der Waals surface area (Å²) in [6, 6.07) is 3.70. The highest BCUT2D eigenvalue weighted by molar-refractivity contribution is 5.93. The third kappa shape index (κ3) is 4.10. The van der Waals surface area contributed by atoms with Crippen LogP contribution < -0.4 is 10.6 Å². The lowest BCUT2D eigenvalue weighted by atomic mass is 9.88. The number of hydrogen-bond acceptors (Lipinski definition) is 5. The monoisotopic (exact) mass is 332 g/mol. The number of hydrogen-bond donors (Lipinski definition) is 2. The topological polar surface area (TPSA) is 83.6 Å². The number of carbonyl (C=O) groups excluding carboxylic acids is 2. The van der Waals surface area contributed by atoms with Crippen LogP contribution in [0.5, 0.6) is 0 Å². The van der Waals surface area contributed by atoms with Crippen LogP contribution in [0, 0.1) is 18.8 Å². The predicted octanol–water partition coefficient (Wildman–Crippen LogP) is 0.413. The number of nitrogens with zero attached hydrogens (tertiary/aromatic N) is 2. The van der Waals surface area contributed by atoms with Crippen LogP contribution in [-0.2, 0) is 14.3 Å². The Morgan fingerprint density at radius 3 is 2.71 bits per heavy atom. The lowest BCUT2D eigenvalue weighted by Gasteiger charge is -2.34. The molecule has 1 aromatic rings. The SMILES string of the molecule is Cc1ccc(NC(=O)C2CNCC(C(=O)N3CCOCC3)C2)cn1. The van der Waals surface area contributed by atoms with E-state index in [1.807, 2.05) is 24.0 Å². The van der Waals surface area contributed by atoms with E-state index in [2.05, 4.69) is 15.6 Å². The number of ether oxygens (including phenoxy) is 1. The van der Waals surface area contributed by atoms with Crippen LogP contribution in [0.15, 0.2) is 18.3 Å². The maximum absolute atomic E-state index is 12.6. The van der Waals surface area contributed by atoms with E-state index in [0.29, 0.717) is 51.5 Å². The smallest absolute Gasteiger partial charge is 0.228 e. The minimum atomic E-state index is -0.213. The van der Waals surface area contributed by atoms with Gasteiger partial charge in [-0.25, -0.2) is 0 Å². The third-order valence-corrected chi connectivity index (χ3v) is 4.57. The number of anilines is 1. The molecule has 3 rings (SSSR count). The Labute approximate surface area is 141 Å². The Morgan fingerprint density at radius 1 is 1.25 bits per heavy atom. The van der Waals surface area contributed by atoms with Gasteiger partial charge >= 0.3 is 0 Å². The number of pyridine rings is 1. The summed E-state index contributed by atoms with van der Waals surface area (Å²) >= 11 is 0. The van der Waals surface area contributed by atoms with Gasteiger partial charge in [0.15, 0.2) is 0 Å². The highest BCUT2D eigenvalue weighted by Gasteiger charge is 2.33. The molecule has 7 heteroatoms. The Hall–Kier alpha value is -1.99. The molecule has 2 amide bonds. The van der Waals surface area contributed by atoms with Gasteiger partial charge in [-0.15, -0.1) is 0 Å². The molecule has 0 spiro atoms. The lowest BCUT2D eigenvalue weighted by Crippen LogP contribution is -2.50. The van der Waals surface area contributed by atoms with Crippen LogP contribution in [0.3, 0.4) is 0 Å². The molecule has 2 atom stereocenters. The molecule has 130 valence electrons. The molecule has 0 aromatic carbocycles. The zero-order valence-electron chi connectivity index (χ0n) is 14.0. The lowest BCUT2D eigenvalue weighted by molar-refractivity contribution is -0.141. The second-order valence-electron chi connectivity index (χ2n) is 6.40. The molecule has 0 bridgehead atoms. The molecule has 3 heterocycles. The summed E-state index contributed by atoms with van der Waals surface area (Å²) in [4.78, 5) is 31.1. The third-order valence-electron chi connectivity index (χ3n) is 4.57. The molecule has 1 aromatic heterocycles. The summed E-state index contributed by atoms with van der Waals surface area (Å²) < 4.78 is 5.29. The first-order valence-electron chi connectivity index (χ1n) is 8.44. The number of aromatic nitrogens is 1. The van der Waals surface area contributed by atoms with Crippen LogP contribution in [0.1, 0.15) is 12.1 Å². The molecule has 2 aliphatic heterocycles. The van der Waals surface area contributed by atoms with Gasteiger partial charge in [-0.3, -0.25) is 14.6 Å². The highest BCUT2D eigenvalue weighted by Crippen LogP contribution is 2.21. The highest BCUT2D eigenvalue weighted by atomic mass is 16.5. The zero-order chi connectivity index (χ0) is 16.9. The first-order chi connectivity index (χ1) is 11.6. The van der Waals surface area contributed by atoms with Crippen LogP contribution in [0.25, 0.3) is 0 Å². The summed E-state index contributed by atoms with van der Waals surface area (Å²) in [5, 5.41) is 6.12. The molecular weight excluding hydrogens is 308 g/mol. The number of carbonyl (C=O) groups is 2. The van der Waals surface area contributed by atoms with Gasteiger partial charge in [-0.2, -0.15) is 0 Å². The number of piperidine rings is 1. The second kappa shape index (κ2) is 7.72. The van der Waals surface area contributed by atoms with Crippen molar-refractivity contribution in [1.29, 1.82) is 0 Å². The summed E-state index contributed by atoms with van der Waals surface area (Å²) in [5.74, 6) is -0.299. The first-order valence-corrected chi connectivity index (χ1v) is 8.44. The molecule has 2 saturated heterocycles. The van der Waals surface area contributed by atoms with E-state index in [0.717, 1.165) is 5.69 Å². The van der Waals surface area contributed by atoms with E-state index in [-0.39, 0.29) is 23.7 Å². The number of morpholine rings is 1. The van der Waals surface area contributed by atoms with Crippen LogP contribution in [0.4, 0.5) is 5.69 Å². The van der Waals surface area contributed by atoms with Crippen LogP contribution in [0.2, 0.25) is 0 Å². The molecule has 2 fully saturated rings. The Balaban J connectivity index is 1.57. The van der Waals surface area contributed by atoms with Crippen molar-refractivity contribution in [2.75, 3.05) is 44.7 Å². The molecule has 24 heavy (non-hydrogen) atoms. The second-order valence-corrected chi connectivity index (χ2v) is 6.40. The molecule has 0 saturated carbocycles. The number of nitrogens with one attached hydrogen (secondary N) is 2. The van der Waals surface area contributed by atoms with Crippen molar-refractivity contribution in [3.8, 4) is 0 Å². The van der Waals surface area contributed by atoms with E-state index >= 15 is 0 Å². The van der Waals surface area contributed by atoms with Gasteiger partial charge in [-0.1, -0.05) is 0 Å². The standard InChI is InChI=1S/C17H24N4O3/c1-12-2-3-15(11-19-12)20-16(22)13-8-14(10-18-9-13)17(23)21-4-6-24-7-5-21/h2-3,11,13-14,18H,4-10H2,1H3,(H,20,22). The minimum absolute atomic E-state index is 0.0624. The molecule has 2 N–H and O–H groups in total. The van der Waals surface area contributed by atoms with Crippen molar-refractivity contribution in [2.24, 2.45) is 11.8 Å². The first kappa shape index (κ1) is 16.9. The van der Waals surface area contributed by atoms with Crippen LogP contribution >= 0.6 is 0 Å². The van der Waals surface area contributed by atoms with Gasteiger partial charge < -0.3 is 20.3 Å². The largest absolute Gasteiger partial charge is 0.378 e. The average Bonchev–Trinajstić information content (AvgIpc) is 2.64. The zero-order valence-corrected chi connectivity index (χ0v) is 14.0. The number of aryl methyl sites for hydroxylation is 1. The summed E-state index contributed by atoms with van der Waals surface area (Å²) in [5.41, 5.74) is 1.59. The average molecular weight is 332 g/mol. The fraction of sp³-hybridized carbons (Fsp3) is 0.588. The minimum Gasteiger partial charge on any atom is -0.378 e. The van der Waals surface area contributed by atoms with E-state index in [1.54, 1.807) is 6.20 Å². The van der Waals surface area contributed by atoms with E-state index < -0.39 is 0 Å². The maximum Gasteiger partial charge on any atom is 0.228 e. The molecule has 0 radical (unpaired) electrons. The van der Waals surface area contributed by atoms with Gasteiger partial charge in [0.25, 0.3) is 0 Å². The van der Waals surface area contributed by atoms with Gasteiger partial charge in [0, 0.05) is 31.9 Å². The van der Waals surface area contributed by atoms with Crippen molar-refractivity contribution in [1.82, 2.24) is 15.2 Å². The number of amides is 2. The number of rotatable bonds is 3. The molecule has 2 aliphatic rings. The maximum atomic E-state index is 12.6. The fourth-order valence-electron chi connectivity index (χ4n) is 3.16. The summed E-state index contributed by atoms with van der Waals surface area (Å²) in [7, 11) is 0. The Morgan fingerprint density at radius 2 is 2.00 bits per heavy atom. The van der Waals surface area contributed by atoms with Gasteiger partial charge in [0.05, 0.1) is 36.9 Å². The van der Waals surface area contributed by atoms with Gasteiger partial charge in [0.2, 0.25) is 11.8 Å². The molecular formula is C17H24N4O3. The summed E-state index contributed by atoms with van der Waals surface area (Å²) in [6.07, 6.45) is 2.23. The van der Waals surface area contributed by atoms with E-state index in [1.165, 1.54) is 0 Å². The van der Waals surface area contributed by atoms with Crippen molar-refractivity contribution in [2.45, 2.75) is 13.3 Å². The molecule has 2 unspecified atom stereocenters. The van der Waals surface area contributed by atoms with Crippen LogP contribution in [-0.4, -0.2) is 61.1 Å². The van der Waals surface area contributed by atoms with Gasteiger partial charge in [0.1, 0.15) is 0 Å². The van der Waals surface area contributed by atoms with Gasteiger partial charge in [-0.05, 0) is 25.5 Å². The quantitative estimate of drug-likeness (QED) is 0.838. The molecule has 7 nitrogen and oxygen atoms in total. The van der Waals surface area contributed by atoms with E-state index in [4.69, 9.17) is 4.74 Å².